The van der Waals surface area contributed by atoms with Crippen molar-refractivity contribution in [2.24, 2.45) is 0 Å². The molecule has 0 aliphatic carbocycles. The first kappa shape index (κ1) is 19.4. The number of piperazine rings is 1. The Kier molecular flexibility index (Phi) is 6.08. The summed E-state index contributed by atoms with van der Waals surface area (Å²) in [6, 6.07) is 20.5. The van der Waals surface area contributed by atoms with Crippen LogP contribution in [0.1, 0.15) is 27.2 Å². The Morgan fingerprint density at radius 3 is 2.00 bits per heavy atom. The third-order valence-corrected chi connectivity index (χ3v) is 5.44. The number of hydrogen-bond donors (Lipinski definition) is 1. The highest BCUT2D eigenvalue weighted by Crippen LogP contribution is 2.16. The van der Waals surface area contributed by atoms with Crippen LogP contribution in [0.15, 0.2) is 71.3 Å². The lowest BCUT2D eigenvalue weighted by Gasteiger charge is -2.34. The molecule has 5 nitrogen and oxygen atoms in total. The molecule has 0 atom stereocenters. The smallest absolute Gasteiger partial charge is 0.259 e. The van der Waals surface area contributed by atoms with E-state index in [0.717, 1.165) is 45.0 Å². The van der Waals surface area contributed by atoms with Crippen molar-refractivity contribution in [2.45, 2.75) is 20.0 Å². The van der Waals surface area contributed by atoms with E-state index in [4.69, 9.17) is 4.42 Å². The number of nitrogens with zero attached hydrogens (tertiary/aromatic N) is 2. The van der Waals surface area contributed by atoms with Crippen molar-refractivity contribution in [3.8, 4) is 0 Å². The first-order chi connectivity index (χ1) is 14.2. The average molecular weight is 389 g/mol. The number of hydrogen-bond acceptors (Lipinski definition) is 4. The standard InChI is InChI=1S/C24H27N3O2/c1-19-23(11-16-29-19)24(28)25-22-9-7-21(8-10-22)18-27-14-12-26(13-15-27)17-20-5-3-2-4-6-20/h2-11,16H,12-15,17-18H2,1H3,(H,25,28). The molecule has 0 radical (unpaired) electrons. The minimum absolute atomic E-state index is 0.140. The molecule has 29 heavy (non-hydrogen) atoms. The highest BCUT2D eigenvalue weighted by molar-refractivity contribution is 6.04. The number of carbonyl (C=O) groups excluding carboxylic acids is 1. The molecule has 1 saturated heterocycles. The van der Waals surface area contributed by atoms with Gasteiger partial charge in [0, 0.05) is 45.0 Å². The van der Waals surface area contributed by atoms with Crippen LogP contribution in [0.2, 0.25) is 0 Å². The Morgan fingerprint density at radius 1 is 0.862 bits per heavy atom. The molecule has 0 saturated carbocycles. The second-order valence-electron chi connectivity index (χ2n) is 7.58. The first-order valence-corrected chi connectivity index (χ1v) is 10.1. The molecule has 2 aromatic carbocycles. The Hall–Kier alpha value is -2.89. The van der Waals surface area contributed by atoms with E-state index in [-0.39, 0.29) is 5.91 Å². The molecule has 1 aromatic heterocycles. The van der Waals surface area contributed by atoms with Gasteiger partial charge in [-0.1, -0.05) is 42.5 Å². The van der Waals surface area contributed by atoms with E-state index in [0.29, 0.717) is 11.3 Å². The Morgan fingerprint density at radius 2 is 1.45 bits per heavy atom. The fourth-order valence-electron chi connectivity index (χ4n) is 3.72. The van der Waals surface area contributed by atoms with Crippen molar-refractivity contribution in [1.29, 1.82) is 0 Å². The number of anilines is 1. The average Bonchev–Trinajstić information content (AvgIpc) is 3.18. The number of amides is 1. The summed E-state index contributed by atoms with van der Waals surface area (Å²) in [5.74, 6) is 0.490. The van der Waals surface area contributed by atoms with Gasteiger partial charge in [-0.05, 0) is 36.2 Å². The van der Waals surface area contributed by atoms with Crippen LogP contribution in [0.4, 0.5) is 5.69 Å². The molecule has 0 bridgehead atoms. The van der Waals surface area contributed by atoms with E-state index in [1.807, 2.05) is 12.1 Å². The molecule has 1 fully saturated rings. The predicted octanol–water partition coefficient (Wildman–Crippen LogP) is 4.16. The lowest BCUT2D eigenvalue weighted by atomic mass is 10.1. The van der Waals surface area contributed by atoms with E-state index in [1.54, 1.807) is 13.0 Å². The summed E-state index contributed by atoms with van der Waals surface area (Å²) in [4.78, 5) is 17.3. The van der Waals surface area contributed by atoms with Gasteiger partial charge < -0.3 is 9.73 Å². The van der Waals surface area contributed by atoms with Gasteiger partial charge in [0.05, 0.1) is 11.8 Å². The largest absolute Gasteiger partial charge is 0.469 e. The summed E-state index contributed by atoms with van der Waals surface area (Å²) in [7, 11) is 0. The second kappa shape index (κ2) is 9.07. The Labute approximate surface area is 171 Å². The van der Waals surface area contributed by atoms with Crippen molar-refractivity contribution in [3.63, 3.8) is 0 Å². The third kappa shape index (κ3) is 5.13. The van der Waals surface area contributed by atoms with Crippen LogP contribution < -0.4 is 5.32 Å². The predicted molar refractivity (Wildman–Crippen MR) is 115 cm³/mol. The lowest BCUT2D eigenvalue weighted by Crippen LogP contribution is -2.45. The van der Waals surface area contributed by atoms with E-state index in [9.17, 15) is 4.79 Å². The summed E-state index contributed by atoms with van der Waals surface area (Å²) in [6.07, 6.45) is 1.53. The van der Waals surface area contributed by atoms with E-state index in [1.165, 1.54) is 17.4 Å². The molecular weight excluding hydrogens is 362 g/mol. The Balaban J connectivity index is 1.25. The molecule has 1 amide bonds. The van der Waals surface area contributed by atoms with Gasteiger partial charge in [0.15, 0.2) is 0 Å². The van der Waals surface area contributed by atoms with Gasteiger partial charge in [-0.2, -0.15) is 0 Å². The van der Waals surface area contributed by atoms with Crippen LogP contribution in [0.25, 0.3) is 0 Å². The molecule has 1 aliphatic heterocycles. The van der Waals surface area contributed by atoms with Gasteiger partial charge >= 0.3 is 0 Å². The SMILES string of the molecule is Cc1occc1C(=O)Nc1ccc(CN2CCN(Cc3ccccc3)CC2)cc1. The molecule has 1 aliphatic rings. The molecule has 2 heterocycles. The molecular formula is C24H27N3O2. The van der Waals surface area contributed by atoms with Crippen molar-refractivity contribution in [2.75, 3.05) is 31.5 Å². The number of carbonyl (C=O) groups is 1. The van der Waals surface area contributed by atoms with Crippen LogP contribution >= 0.6 is 0 Å². The van der Waals surface area contributed by atoms with Crippen molar-refractivity contribution in [3.05, 3.63) is 89.4 Å². The van der Waals surface area contributed by atoms with Gasteiger partial charge in [0.2, 0.25) is 0 Å². The first-order valence-electron chi connectivity index (χ1n) is 10.1. The summed E-state index contributed by atoms with van der Waals surface area (Å²) < 4.78 is 5.20. The molecule has 1 N–H and O–H groups in total. The van der Waals surface area contributed by atoms with Crippen molar-refractivity contribution < 1.29 is 9.21 Å². The summed E-state index contributed by atoms with van der Waals surface area (Å²) >= 11 is 0. The van der Waals surface area contributed by atoms with Gasteiger partial charge in [-0.3, -0.25) is 14.6 Å². The number of nitrogens with one attached hydrogen (secondary N) is 1. The zero-order valence-corrected chi connectivity index (χ0v) is 16.8. The maximum absolute atomic E-state index is 12.3. The summed E-state index contributed by atoms with van der Waals surface area (Å²) in [6.45, 7) is 8.08. The fourth-order valence-corrected chi connectivity index (χ4v) is 3.72. The Bertz CT molecular complexity index is 926. The van der Waals surface area contributed by atoms with Gasteiger partial charge in [0.25, 0.3) is 5.91 Å². The molecule has 0 unspecified atom stereocenters. The second-order valence-corrected chi connectivity index (χ2v) is 7.58. The minimum Gasteiger partial charge on any atom is -0.469 e. The van der Waals surface area contributed by atoms with Gasteiger partial charge in [-0.25, -0.2) is 0 Å². The van der Waals surface area contributed by atoms with E-state index in [2.05, 4.69) is 57.6 Å². The summed E-state index contributed by atoms with van der Waals surface area (Å²) in [5.41, 5.74) is 4.01. The van der Waals surface area contributed by atoms with Crippen LogP contribution in [0.3, 0.4) is 0 Å². The van der Waals surface area contributed by atoms with E-state index < -0.39 is 0 Å². The number of benzene rings is 2. The molecule has 4 rings (SSSR count). The zero-order chi connectivity index (χ0) is 20.1. The van der Waals surface area contributed by atoms with Crippen molar-refractivity contribution in [1.82, 2.24) is 9.80 Å². The number of aryl methyl sites for hydroxylation is 1. The molecule has 3 aromatic rings. The lowest BCUT2D eigenvalue weighted by molar-refractivity contribution is 0.102. The van der Waals surface area contributed by atoms with E-state index >= 15 is 0 Å². The zero-order valence-electron chi connectivity index (χ0n) is 16.8. The third-order valence-electron chi connectivity index (χ3n) is 5.44. The maximum Gasteiger partial charge on any atom is 0.259 e. The maximum atomic E-state index is 12.3. The molecule has 0 spiro atoms. The highest BCUT2D eigenvalue weighted by Gasteiger charge is 2.17. The van der Waals surface area contributed by atoms with Gasteiger partial charge in [0.1, 0.15) is 5.76 Å². The topological polar surface area (TPSA) is 48.7 Å². The monoisotopic (exact) mass is 389 g/mol. The normalized spacial score (nSPS) is 15.3. The van der Waals surface area contributed by atoms with Crippen LogP contribution in [0.5, 0.6) is 0 Å². The summed E-state index contributed by atoms with van der Waals surface area (Å²) in [5, 5.41) is 2.93. The number of furan rings is 1. The van der Waals surface area contributed by atoms with Crippen LogP contribution in [-0.4, -0.2) is 41.9 Å². The molecule has 150 valence electrons. The fraction of sp³-hybridized carbons (Fsp3) is 0.292. The van der Waals surface area contributed by atoms with Crippen molar-refractivity contribution >= 4 is 11.6 Å². The number of rotatable bonds is 6. The van der Waals surface area contributed by atoms with Crippen LogP contribution in [0, 0.1) is 6.92 Å². The quantitative estimate of drug-likeness (QED) is 0.688. The van der Waals surface area contributed by atoms with Gasteiger partial charge in [-0.15, -0.1) is 0 Å². The molecule has 5 heteroatoms. The minimum atomic E-state index is -0.140. The van der Waals surface area contributed by atoms with Crippen LogP contribution in [-0.2, 0) is 13.1 Å². The highest BCUT2D eigenvalue weighted by atomic mass is 16.3.